The van der Waals surface area contributed by atoms with Crippen LogP contribution in [0.4, 0.5) is 5.82 Å². The normalized spacial score (nSPS) is 10.3. The lowest BCUT2D eigenvalue weighted by Crippen LogP contribution is -2.36. The zero-order chi connectivity index (χ0) is 14.5. The van der Waals surface area contributed by atoms with Crippen LogP contribution in [0, 0.1) is 0 Å². The molecule has 106 valence electrons. The maximum atomic E-state index is 11.5. The van der Waals surface area contributed by atoms with Crippen LogP contribution in [0.2, 0.25) is 0 Å². The molecule has 6 nitrogen and oxygen atoms in total. The molecule has 0 spiro atoms. The molecule has 0 aliphatic heterocycles. The lowest BCUT2D eigenvalue weighted by Gasteiger charge is -2.21. The molecule has 0 N–H and O–H groups in total. The van der Waals surface area contributed by atoms with Gasteiger partial charge in [0.25, 0.3) is 0 Å². The highest BCUT2D eigenvalue weighted by Crippen LogP contribution is 2.28. The molecule has 2 heterocycles. The summed E-state index contributed by atoms with van der Waals surface area (Å²) >= 11 is 1.57. The molecule has 0 radical (unpaired) electrons. The number of ether oxygens (including phenoxy) is 2. The third-order valence-corrected chi connectivity index (χ3v) is 3.64. The number of hydrogen-bond acceptors (Lipinski definition) is 7. The molecule has 0 aromatic carbocycles. The van der Waals surface area contributed by atoms with Gasteiger partial charge in [-0.2, -0.15) is 0 Å². The Balaban J connectivity index is 2.36. The van der Waals surface area contributed by atoms with Gasteiger partial charge in [-0.05, 0) is 17.5 Å². The van der Waals surface area contributed by atoms with Crippen LogP contribution in [-0.4, -0.2) is 44.2 Å². The number of aromatic nitrogens is 1. The van der Waals surface area contributed by atoms with Crippen LogP contribution in [0.25, 0.3) is 10.1 Å². The Morgan fingerprint density at radius 1 is 1.20 bits per heavy atom. The predicted octanol–water partition coefficient (Wildman–Crippen LogP) is 1.45. The quantitative estimate of drug-likeness (QED) is 0.777. The van der Waals surface area contributed by atoms with Crippen LogP contribution in [0.1, 0.15) is 0 Å². The highest BCUT2D eigenvalue weighted by Gasteiger charge is 2.19. The molecule has 2 rings (SSSR count). The van der Waals surface area contributed by atoms with Crippen LogP contribution >= 0.6 is 11.3 Å². The zero-order valence-corrected chi connectivity index (χ0v) is 12.0. The number of carbonyl (C=O) groups is 2. The second-order valence-corrected chi connectivity index (χ2v) is 4.92. The minimum absolute atomic E-state index is 0.0619. The van der Waals surface area contributed by atoms with Crippen molar-refractivity contribution in [3.63, 3.8) is 0 Å². The van der Waals surface area contributed by atoms with Crippen molar-refractivity contribution in [3.05, 3.63) is 23.7 Å². The molecule has 7 heteroatoms. The Bertz CT molecular complexity index is 608. The molecule has 0 bridgehead atoms. The maximum absolute atomic E-state index is 11.5. The minimum atomic E-state index is -0.442. The van der Waals surface area contributed by atoms with Crippen molar-refractivity contribution in [2.75, 3.05) is 32.2 Å². The van der Waals surface area contributed by atoms with E-state index in [4.69, 9.17) is 0 Å². The van der Waals surface area contributed by atoms with Gasteiger partial charge in [0.05, 0.1) is 14.2 Å². The Kier molecular flexibility index (Phi) is 4.52. The number of pyridine rings is 1. The largest absolute Gasteiger partial charge is 0.468 e. The molecular formula is C13H14N2O4S. The van der Waals surface area contributed by atoms with E-state index in [-0.39, 0.29) is 13.1 Å². The number of nitrogens with zero attached hydrogens (tertiary/aromatic N) is 2. The summed E-state index contributed by atoms with van der Waals surface area (Å²) in [5.74, 6) is -0.314. The molecule has 2 aromatic rings. The summed E-state index contributed by atoms with van der Waals surface area (Å²) in [5, 5.41) is 2.83. The van der Waals surface area contributed by atoms with E-state index in [0.717, 1.165) is 10.1 Å². The van der Waals surface area contributed by atoms with E-state index in [1.165, 1.54) is 14.2 Å². The second kappa shape index (κ2) is 6.33. The van der Waals surface area contributed by atoms with Gasteiger partial charge in [-0.15, -0.1) is 11.3 Å². The van der Waals surface area contributed by atoms with E-state index in [9.17, 15) is 9.59 Å². The number of fused-ring (bicyclic) bond motifs is 1. The van der Waals surface area contributed by atoms with Gasteiger partial charge in [0, 0.05) is 16.3 Å². The Morgan fingerprint density at radius 2 is 1.85 bits per heavy atom. The molecule has 0 aliphatic rings. The third-order valence-electron chi connectivity index (χ3n) is 2.75. The molecule has 20 heavy (non-hydrogen) atoms. The first-order valence-electron chi connectivity index (χ1n) is 5.86. The zero-order valence-electron chi connectivity index (χ0n) is 11.2. The number of methoxy groups -OCH3 is 2. The third kappa shape index (κ3) is 3.05. The van der Waals surface area contributed by atoms with Gasteiger partial charge < -0.3 is 14.4 Å². The lowest BCUT2D eigenvalue weighted by atomic mass is 10.3. The van der Waals surface area contributed by atoms with Gasteiger partial charge in [-0.3, -0.25) is 9.59 Å². The van der Waals surface area contributed by atoms with Crippen LogP contribution < -0.4 is 4.90 Å². The highest BCUT2D eigenvalue weighted by atomic mass is 32.1. The summed E-state index contributed by atoms with van der Waals surface area (Å²) in [6.07, 6.45) is 1.65. The van der Waals surface area contributed by atoms with Gasteiger partial charge >= 0.3 is 11.9 Å². The summed E-state index contributed by atoms with van der Waals surface area (Å²) < 4.78 is 10.3. The fourth-order valence-corrected chi connectivity index (χ4v) is 2.55. The molecule has 0 saturated carbocycles. The second-order valence-electron chi connectivity index (χ2n) is 3.98. The Morgan fingerprint density at radius 3 is 2.45 bits per heavy atom. The lowest BCUT2D eigenvalue weighted by molar-refractivity contribution is -0.140. The van der Waals surface area contributed by atoms with Gasteiger partial charge in [0.1, 0.15) is 18.9 Å². The summed E-state index contributed by atoms with van der Waals surface area (Å²) in [7, 11) is 2.61. The number of hydrogen-bond donors (Lipinski definition) is 0. The van der Waals surface area contributed by atoms with Crippen molar-refractivity contribution >= 4 is 39.2 Å². The molecule has 0 saturated heterocycles. The van der Waals surface area contributed by atoms with Crippen LogP contribution in [0.15, 0.2) is 23.7 Å². The summed E-state index contributed by atoms with van der Waals surface area (Å²) in [5.41, 5.74) is 0. The summed E-state index contributed by atoms with van der Waals surface area (Å²) in [4.78, 5) is 28.8. The number of carbonyl (C=O) groups excluding carboxylic acids is 2. The first kappa shape index (κ1) is 14.3. The van der Waals surface area contributed by atoms with Gasteiger partial charge in [0.15, 0.2) is 0 Å². The van der Waals surface area contributed by atoms with E-state index in [0.29, 0.717) is 5.82 Å². The van der Waals surface area contributed by atoms with Crippen molar-refractivity contribution < 1.29 is 19.1 Å². The topological polar surface area (TPSA) is 68.7 Å². The number of thiophene rings is 1. The SMILES string of the molecule is COC(=O)CN(CC(=O)OC)c1nccc2sccc12. The van der Waals surface area contributed by atoms with Gasteiger partial charge in [0.2, 0.25) is 0 Å². The van der Waals surface area contributed by atoms with Crippen molar-refractivity contribution in [1.29, 1.82) is 0 Å². The Hall–Kier alpha value is -2.15. The molecule has 0 amide bonds. The molecule has 0 fully saturated rings. The van der Waals surface area contributed by atoms with E-state index < -0.39 is 11.9 Å². The molecule has 0 aliphatic carbocycles. The van der Waals surface area contributed by atoms with Crippen molar-refractivity contribution in [3.8, 4) is 0 Å². The first-order valence-corrected chi connectivity index (χ1v) is 6.74. The average Bonchev–Trinajstić information content (AvgIpc) is 2.94. The van der Waals surface area contributed by atoms with E-state index >= 15 is 0 Å². The summed E-state index contributed by atoms with van der Waals surface area (Å²) in [6, 6.07) is 3.79. The highest BCUT2D eigenvalue weighted by molar-refractivity contribution is 7.17. The van der Waals surface area contributed by atoms with Gasteiger partial charge in [-0.25, -0.2) is 4.98 Å². The minimum Gasteiger partial charge on any atom is -0.468 e. The fraction of sp³-hybridized carbons (Fsp3) is 0.308. The predicted molar refractivity (Wildman–Crippen MR) is 75.9 cm³/mol. The van der Waals surface area contributed by atoms with Crippen LogP contribution in [0.5, 0.6) is 0 Å². The van der Waals surface area contributed by atoms with E-state index in [2.05, 4.69) is 14.5 Å². The molecule has 2 aromatic heterocycles. The Labute approximate surface area is 119 Å². The number of esters is 2. The number of rotatable bonds is 5. The molecule has 0 atom stereocenters. The van der Waals surface area contributed by atoms with Gasteiger partial charge in [-0.1, -0.05) is 0 Å². The molecule has 0 unspecified atom stereocenters. The standard InChI is InChI=1S/C13H14N2O4S/c1-18-11(16)7-15(8-12(17)19-2)13-9-4-6-20-10(9)3-5-14-13/h3-6H,7-8H2,1-2H3. The number of anilines is 1. The van der Waals surface area contributed by atoms with Crippen molar-refractivity contribution in [1.82, 2.24) is 4.98 Å². The van der Waals surface area contributed by atoms with Crippen molar-refractivity contribution in [2.24, 2.45) is 0 Å². The molecular weight excluding hydrogens is 280 g/mol. The van der Waals surface area contributed by atoms with Crippen LogP contribution in [0.3, 0.4) is 0 Å². The first-order chi connectivity index (χ1) is 9.65. The maximum Gasteiger partial charge on any atom is 0.325 e. The smallest absolute Gasteiger partial charge is 0.325 e. The van der Waals surface area contributed by atoms with E-state index in [1.54, 1.807) is 22.4 Å². The summed E-state index contributed by atoms with van der Waals surface area (Å²) in [6.45, 7) is -0.124. The van der Waals surface area contributed by atoms with Crippen molar-refractivity contribution in [2.45, 2.75) is 0 Å². The van der Waals surface area contributed by atoms with Crippen LogP contribution in [-0.2, 0) is 19.1 Å². The van der Waals surface area contributed by atoms with E-state index in [1.807, 2.05) is 17.5 Å². The average molecular weight is 294 g/mol. The monoisotopic (exact) mass is 294 g/mol. The fourth-order valence-electron chi connectivity index (χ4n) is 1.78.